The van der Waals surface area contributed by atoms with Crippen molar-refractivity contribution in [2.75, 3.05) is 37.7 Å². The van der Waals surface area contributed by atoms with Crippen molar-refractivity contribution < 1.29 is 4.74 Å². The number of hydrogen-bond donors (Lipinski definition) is 1. The van der Waals surface area contributed by atoms with Gasteiger partial charge in [0.2, 0.25) is 0 Å². The summed E-state index contributed by atoms with van der Waals surface area (Å²) in [5, 5.41) is 9.33. The van der Waals surface area contributed by atoms with Crippen LogP contribution in [0, 0.1) is 13.8 Å². The van der Waals surface area contributed by atoms with E-state index < -0.39 is 0 Å². The zero-order valence-corrected chi connectivity index (χ0v) is 18.1. The minimum Gasteiger partial charge on any atom is -0.375 e. The lowest BCUT2D eigenvalue weighted by molar-refractivity contribution is 0.0529. The second kappa shape index (κ2) is 7.96. The SMILES string of the molecule is Cc1nc(N2CCO[C@H](C)C2)cc(-n2ncc3cc(C)c(C4CCNCC4)cc32)n1. The van der Waals surface area contributed by atoms with Crippen molar-refractivity contribution in [1.82, 2.24) is 25.1 Å². The predicted octanol–water partition coefficient (Wildman–Crippen LogP) is 3.12. The summed E-state index contributed by atoms with van der Waals surface area (Å²) in [7, 11) is 0. The number of aromatic nitrogens is 4. The molecule has 0 aliphatic carbocycles. The Morgan fingerprint density at radius 3 is 2.67 bits per heavy atom. The Bertz CT molecular complexity index is 1060. The molecule has 2 saturated heterocycles. The Labute approximate surface area is 177 Å². The van der Waals surface area contributed by atoms with Crippen LogP contribution in [0.2, 0.25) is 0 Å². The van der Waals surface area contributed by atoms with Gasteiger partial charge in [0.25, 0.3) is 0 Å². The zero-order valence-electron chi connectivity index (χ0n) is 18.1. The molecular formula is C23H30N6O. The molecule has 0 unspecified atom stereocenters. The Morgan fingerprint density at radius 1 is 1.07 bits per heavy atom. The van der Waals surface area contributed by atoms with Gasteiger partial charge >= 0.3 is 0 Å². The highest BCUT2D eigenvalue weighted by Crippen LogP contribution is 2.32. The highest BCUT2D eigenvalue weighted by molar-refractivity contribution is 5.82. The van der Waals surface area contributed by atoms with Gasteiger partial charge in [-0.05, 0) is 75.9 Å². The number of fused-ring (bicyclic) bond motifs is 1. The lowest BCUT2D eigenvalue weighted by atomic mass is 9.87. The van der Waals surface area contributed by atoms with Crippen LogP contribution in [0.3, 0.4) is 0 Å². The van der Waals surface area contributed by atoms with Gasteiger partial charge in [0.05, 0.1) is 24.4 Å². The Morgan fingerprint density at radius 2 is 1.87 bits per heavy atom. The Kier molecular flexibility index (Phi) is 5.16. The number of anilines is 1. The van der Waals surface area contributed by atoms with E-state index in [1.54, 1.807) is 0 Å². The number of nitrogens with zero attached hydrogens (tertiary/aromatic N) is 5. The number of aryl methyl sites for hydroxylation is 2. The highest BCUT2D eigenvalue weighted by Gasteiger charge is 2.21. The van der Waals surface area contributed by atoms with Gasteiger partial charge in [-0.25, -0.2) is 14.6 Å². The molecule has 0 bridgehead atoms. The summed E-state index contributed by atoms with van der Waals surface area (Å²) in [6.07, 6.45) is 4.53. The molecular weight excluding hydrogens is 376 g/mol. The smallest absolute Gasteiger partial charge is 0.159 e. The average molecular weight is 407 g/mol. The fourth-order valence-electron chi connectivity index (χ4n) is 4.79. The molecule has 158 valence electrons. The molecule has 2 aromatic heterocycles. The molecule has 7 heteroatoms. The van der Waals surface area contributed by atoms with Crippen molar-refractivity contribution in [3.8, 4) is 5.82 Å². The number of hydrogen-bond acceptors (Lipinski definition) is 6. The number of ether oxygens (including phenoxy) is 1. The molecule has 1 aromatic carbocycles. The molecule has 1 N–H and O–H groups in total. The van der Waals surface area contributed by atoms with Gasteiger partial charge in [-0.2, -0.15) is 5.10 Å². The first-order valence-corrected chi connectivity index (χ1v) is 11.0. The topological polar surface area (TPSA) is 68.1 Å². The van der Waals surface area contributed by atoms with Crippen LogP contribution in [0.5, 0.6) is 0 Å². The van der Waals surface area contributed by atoms with E-state index in [2.05, 4.69) is 42.3 Å². The van der Waals surface area contributed by atoms with E-state index in [9.17, 15) is 0 Å². The summed E-state index contributed by atoms with van der Waals surface area (Å²) < 4.78 is 7.67. The molecule has 0 radical (unpaired) electrons. The van der Waals surface area contributed by atoms with Crippen LogP contribution >= 0.6 is 0 Å². The summed E-state index contributed by atoms with van der Waals surface area (Å²) in [5.41, 5.74) is 3.92. The van der Waals surface area contributed by atoms with Gasteiger partial charge in [-0.3, -0.25) is 0 Å². The minimum absolute atomic E-state index is 0.207. The summed E-state index contributed by atoms with van der Waals surface area (Å²) >= 11 is 0. The van der Waals surface area contributed by atoms with Crippen LogP contribution in [0.4, 0.5) is 5.82 Å². The van der Waals surface area contributed by atoms with Gasteiger partial charge in [-0.15, -0.1) is 0 Å². The van der Waals surface area contributed by atoms with Gasteiger partial charge in [0, 0.05) is 24.5 Å². The van der Waals surface area contributed by atoms with Gasteiger partial charge in [0.1, 0.15) is 11.6 Å². The van der Waals surface area contributed by atoms with Gasteiger partial charge in [0.15, 0.2) is 5.82 Å². The predicted molar refractivity (Wildman–Crippen MR) is 119 cm³/mol. The second-order valence-corrected chi connectivity index (χ2v) is 8.61. The minimum atomic E-state index is 0.207. The van der Waals surface area contributed by atoms with Crippen LogP contribution in [0.1, 0.15) is 42.6 Å². The van der Waals surface area contributed by atoms with E-state index in [0.717, 1.165) is 61.1 Å². The van der Waals surface area contributed by atoms with Crippen molar-refractivity contribution in [3.63, 3.8) is 0 Å². The van der Waals surface area contributed by atoms with Crippen LogP contribution in [-0.4, -0.2) is 58.6 Å². The Balaban J connectivity index is 1.56. The number of benzene rings is 1. The van der Waals surface area contributed by atoms with E-state index in [1.807, 2.05) is 17.8 Å². The molecule has 7 nitrogen and oxygen atoms in total. The fraction of sp³-hybridized carbons (Fsp3) is 0.522. The third-order valence-electron chi connectivity index (χ3n) is 6.33. The van der Waals surface area contributed by atoms with Crippen LogP contribution in [-0.2, 0) is 4.74 Å². The van der Waals surface area contributed by atoms with Crippen molar-refractivity contribution >= 4 is 16.7 Å². The van der Waals surface area contributed by atoms with E-state index in [0.29, 0.717) is 5.92 Å². The number of rotatable bonds is 3. The van der Waals surface area contributed by atoms with Crippen LogP contribution < -0.4 is 10.2 Å². The molecule has 5 rings (SSSR count). The maximum Gasteiger partial charge on any atom is 0.159 e. The van der Waals surface area contributed by atoms with Gasteiger partial charge in [-0.1, -0.05) is 0 Å². The second-order valence-electron chi connectivity index (χ2n) is 8.61. The largest absolute Gasteiger partial charge is 0.375 e. The maximum absolute atomic E-state index is 5.69. The molecule has 30 heavy (non-hydrogen) atoms. The average Bonchev–Trinajstić information content (AvgIpc) is 3.16. The molecule has 0 saturated carbocycles. The third kappa shape index (κ3) is 3.68. The van der Waals surface area contributed by atoms with Crippen molar-refractivity contribution in [2.45, 2.75) is 45.6 Å². The molecule has 2 aliphatic heterocycles. The molecule has 3 aromatic rings. The molecule has 2 aliphatic rings. The first-order valence-electron chi connectivity index (χ1n) is 11.0. The number of piperidine rings is 1. The zero-order chi connectivity index (χ0) is 20.7. The molecule has 2 fully saturated rings. The standard InChI is InChI=1S/C23H30N6O/c1-15-10-19-13-25-29(21(19)11-20(15)18-4-6-24-7-5-18)23-12-22(26-17(3)27-23)28-8-9-30-16(2)14-28/h10-13,16,18,24H,4-9,14H2,1-3H3/t16-/m1/s1. The quantitative estimate of drug-likeness (QED) is 0.721. The lowest BCUT2D eigenvalue weighted by Crippen LogP contribution is -2.41. The molecule has 0 spiro atoms. The van der Waals surface area contributed by atoms with Crippen LogP contribution in [0.15, 0.2) is 24.4 Å². The lowest BCUT2D eigenvalue weighted by Gasteiger charge is -2.32. The van der Waals surface area contributed by atoms with Gasteiger partial charge < -0.3 is 15.0 Å². The van der Waals surface area contributed by atoms with E-state index in [-0.39, 0.29) is 6.10 Å². The number of morpholine rings is 1. The summed E-state index contributed by atoms with van der Waals surface area (Å²) in [5.74, 6) is 3.14. The summed E-state index contributed by atoms with van der Waals surface area (Å²) in [4.78, 5) is 11.7. The summed E-state index contributed by atoms with van der Waals surface area (Å²) in [6.45, 7) is 10.9. The normalized spacial score (nSPS) is 20.8. The van der Waals surface area contributed by atoms with E-state index in [1.165, 1.54) is 24.0 Å². The van der Waals surface area contributed by atoms with Crippen molar-refractivity contribution in [3.05, 3.63) is 41.3 Å². The molecule has 0 amide bonds. The monoisotopic (exact) mass is 406 g/mol. The van der Waals surface area contributed by atoms with E-state index >= 15 is 0 Å². The Hall–Kier alpha value is -2.51. The number of nitrogens with one attached hydrogen (secondary N) is 1. The molecule has 4 heterocycles. The summed E-state index contributed by atoms with van der Waals surface area (Å²) in [6, 6.07) is 6.66. The maximum atomic E-state index is 5.69. The highest BCUT2D eigenvalue weighted by atomic mass is 16.5. The fourth-order valence-corrected chi connectivity index (χ4v) is 4.79. The molecule has 1 atom stereocenters. The van der Waals surface area contributed by atoms with E-state index in [4.69, 9.17) is 19.8 Å². The first-order chi connectivity index (χ1) is 14.6. The third-order valence-corrected chi connectivity index (χ3v) is 6.33. The van der Waals surface area contributed by atoms with Crippen molar-refractivity contribution in [2.24, 2.45) is 0 Å². The van der Waals surface area contributed by atoms with Crippen molar-refractivity contribution in [1.29, 1.82) is 0 Å². The van der Waals surface area contributed by atoms with Crippen LogP contribution in [0.25, 0.3) is 16.7 Å². The first kappa shape index (κ1) is 19.5.